The van der Waals surface area contributed by atoms with Crippen LogP contribution in [0.2, 0.25) is 5.02 Å². The molecule has 0 radical (unpaired) electrons. The molecule has 1 amide bonds. The molecule has 0 saturated carbocycles. The first-order chi connectivity index (χ1) is 16.2. The summed E-state index contributed by atoms with van der Waals surface area (Å²) < 4.78 is 1.67. The minimum atomic E-state index is -0.293. The Hall–Kier alpha value is -3.67. The number of benzene rings is 3. The summed E-state index contributed by atoms with van der Waals surface area (Å²) in [4.78, 5) is 14.7. The number of nitrogens with one attached hydrogen (secondary N) is 1. The van der Waals surface area contributed by atoms with Crippen molar-refractivity contribution >= 4 is 28.8 Å². The average Bonchev–Trinajstić information content (AvgIpc) is 3.54. The Morgan fingerprint density at radius 1 is 0.848 bits per heavy atom. The van der Waals surface area contributed by atoms with Crippen molar-refractivity contribution in [3.8, 4) is 16.3 Å². The van der Waals surface area contributed by atoms with E-state index in [9.17, 15) is 4.79 Å². The predicted octanol–water partition coefficient (Wildman–Crippen LogP) is 6.77. The van der Waals surface area contributed by atoms with Crippen LogP contribution in [0.5, 0.6) is 0 Å². The molecule has 3 aromatic carbocycles. The third-order valence-electron chi connectivity index (χ3n) is 5.33. The second kappa shape index (κ2) is 9.45. The number of nitrogens with zero attached hydrogens (tertiary/aromatic N) is 2. The summed E-state index contributed by atoms with van der Waals surface area (Å²) in [5, 5.41) is 10.6. The number of halogens is 1. The molecule has 5 rings (SSSR count). The van der Waals surface area contributed by atoms with Gasteiger partial charge in [-0.3, -0.25) is 4.79 Å². The fraction of sp³-hybridized carbons (Fsp3) is 0.0370. The Kier molecular flexibility index (Phi) is 6.07. The highest BCUT2D eigenvalue weighted by molar-refractivity contribution is 7.13. The molecule has 4 nitrogen and oxygen atoms in total. The van der Waals surface area contributed by atoms with Gasteiger partial charge >= 0.3 is 0 Å². The predicted molar refractivity (Wildman–Crippen MR) is 134 cm³/mol. The fourth-order valence-electron chi connectivity index (χ4n) is 3.72. The van der Waals surface area contributed by atoms with E-state index in [1.165, 1.54) is 0 Å². The van der Waals surface area contributed by atoms with Crippen LogP contribution >= 0.6 is 22.9 Å². The summed E-state index contributed by atoms with van der Waals surface area (Å²) in [5.74, 6) is -0.210. The van der Waals surface area contributed by atoms with Crippen molar-refractivity contribution in [3.05, 3.63) is 130 Å². The molecule has 2 heterocycles. The van der Waals surface area contributed by atoms with Crippen LogP contribution in [0.25, 0.3) is 16.3 Å². The number of hydrogen-bond acceptors (Lipinski definition) is 3. The van der Waals surface area contributed by atoms with Crippen LogP contribution in [0.15, 0.2) is 109 Å². The number of rotatable bonds is 6. The normalized spacial score (nSPS) is 11.0. The van der Waals surface area contributed by atoms with Crippen LogP contribution in [0, 0.1) is 0 Å². The molecule has 0 bridgehead atoms. The first-order valence-corrected chi connectivity index (χ1v) is 11.8. The van der Waals surface area contributed by atoms with Gasteiger partial charge in [-0.05, 0) is 52.9 Å². The Morgan fingerprint density at radius 2 is 1.48 bits per heavy atom. The zero-order chi connectivity index (χ0) is 22.6. The zero-order valence-electron chi connectivity index (χ0n) is 17.6. The lowest BCUT2D eigenvalue weighted by Gasteiger charge is -2.20. The van der Waals surface area contributed by atoms with Gasteiger partial charge in [0, 0.05) is 5.02 Å². The van der Waals surface area contributed by atoms with E-state index < -0.39 is 0 Å². The van der Waals surface area contributed by atoms with E-state index in [4.69, 9.17) is 16.7 Å². The molecule has 2 aromatic heterocycles. The summed E-state index contributed by atoms with van der Waals surface area (Å²) in [6.07, 6.45) is 0. The molecule has 0 aliphatic heterocycles. The highest BCUT2D eigenvalue weighted by atomic mass is 35.5. The number of carbonyl (C=O) groups excluding carboxylic acids is 1. The highest BCUT2D eigenvalue weighted by Gasteiger charge is 2.22. The molecule has 33 heavy (non-hydrogen) atoms. The molecule has 6 heteroatoms. The van der Waals surface area contributed by atoms with E-state index in [-0.39, 0.29) is 11.9 Å². The Labute approximate surface area is 201 Å². The zero-order valence-corrected chi connectivity index (χ0v) is 19.1. The van der Waals surface area contributed by atoms with Crippen LogP contribution in [-0.2, 0) is 0 Å². The van der Waals surface area contributed by atoms with Gasteiger partial charge in [0.05, 0.1) is 16.6 Å². The van der Waals surface area contributed by atoms with E-state index in [0.717, 1.165) is 27.4 Å². The lowest BCUT2D eigenvalue weighted by atomic mass is 9.98. The number of hydrogen-bond donors (Lipinski definition) is 1. The van der Waals surface area contributed by atoms with Crippen LogP contribution in [0.1, 0.15) is 27.7 Å². The van der Waals surface area contributed by atoms with Gasteiger partial charge in [-0.2, -0.15) is 5.10 Å². The molecule has 0 unspecified atom stereocenters. The molecule has 162 valence electrons. The molecular weight excluding hydrogens is 450 g/mol. The van der Waals surface area contributed by atoms with Crippen molar-refractivity contribution in [2.75, 3.05) is 0 Å². The molecule has 0 atom stereocenters. The molecule has 1 N–H and O–H groups in total. The molecule has 5 aromatic rings. The number of amides is 1. The summed E-state index contributed by atoms with van der Waals surface area (Å²) in [7, 11) is 0. The largest absolute Gasteiger partial charge is 0.340 e. The monoisotopic (exact) mass is 469 g/mol. The third kappa shape index (κ3) is 4.60. The van der Waals surface area contributed by atoms with E-state index in [2.05, 4.69) is 5.32 Å². The smallest absolute Gasteiger partial charge is 0.270 e. The lowest BCUT2D eigenvalue weighted by molar-refractivity contribution is 0.0935. The molecule has 0 fully saturated rings. The van der Waals surface area contributed by atoms with Gasteiger partial charge in [-0.1, -0.05) is 78.3 Å². The van der Waals surface area contributed by atoms with Crippen molar-refractivity contribution in [1.82, 2.24) is 15.1 Å². The highest BCUT2D eigenvalue weighted by Crippen LogP contribution is 2.28. The van der Waals surface area contributed by atoms with Crippen LogP contribution in [-0.4, -0.2) is 15.7 Å². The number of thiophene rings is 1. The Balaban J connectivity index is 1.56. The molecule has 0 saturated heterocycles. The quantitative estimate of drug-likeness (QED) is 0.298. The molecule has 0 aliphatic rings. The van der Waals surface area contributed by atoms with E-state index >= 15 is 0 Å². The maximum absolute atomic E-state index is 13.7. The van der Waals surface area contributed by atoms with E-state index in [1.807, 2.05) is 96.4 Å². The first kappa shape index (κ1) is 21.2. The van der Waals surface area contributed by atoms with Gasteiger partial charge < -0.3 is 5.32 Å². The summed E-state index contributed by atoms with van der Waals surface area (Å²) in [6, 6.07) is 32.7. The Bertz CT molecular complexity index is 1310. The molecule has 0 spiro atoms. The van der Waals surface area contributed by atoms with Gasteiger partial charge in [0.25, 0.3) is 5.91 Å². The number of aromatic nitrogens is 2. The van der Waals surface area contributed by atoms with Crippen molar-refractivity contribution in [1.29, 1.82) is 0 Å². The van der Waals surface area contributed by atoms with Gasteiger partial charge in [0.2, 0.25) is 0 Å². The lowest BCUT2D eigenvalue weighted by Crippen LogP contribution is -2.31. The second-order valence-electron chi connectivity index (χ2n) is 7.51. The van der Waals surface area contributed by atoms with Crippen molar-refractivity contribution < 1.29 is 4.79 Å². The van der Waals surface area contributed by atoms with Gasteiger partial charge in [-0.15, -0.1) is 11.3 Å². The van der Waals surface area contributed by atoms with Crippen molar-refractivity contribution in [2.45, 2.75) is 6.04 Å². The van der Waals surface area contributed by atoms with E-state index in [0.29, 0.717) is 10.7 Å². The molecule has 0 aliphatic carbocycles. The van der Waals surface area contributed by atoms with Crippen molar-refractivity contribution in [3.63, 3.8) is 0 Å². The van der Waals surface area contributed by atoms with E-state index in [1.54, 1.807) is 28.2 Å². The number of carbonyl (C=O) groups is 1. The summed E-state index contributed by atoms with van der Waals surface area (Å²) >= 11 is 7.67. The van der Waals surface area contributed by atoms with Gasteiger partial charge in [-0.25, -0.2) is 4.68 Å². The van der Waals surface area contributed by atoms with Crippen molar-refractivity contribution in [2.24, 2.45) is 0 Å². The van der Waals surface area contributed by atoms with Gasteiger partial charge in [0.1, 0.15) is 11.4 Å². The second-order valence-corrected chi connectivity index (χ2v) is 8.89. The third-order valence-corrected chi connectivity index (χ3v) is 6.47. The maximum atomic E-state index is 13.7. The molecular formula is C27H20ClN3OS. The topological polar surface area (TPSA) is 46.9 Å². The maximum Gasteiger partial charge on any atom is 0.270 e. The minimum Gasteiger partial charge on any atom is -0.340 e. The summed E-state index contributed by atoms with van der Waals surface area (Å²) in [6.45, 7) is 0. The van der Waals surface area contributed by atoms with Gasteiger partial charge in [0.15, 0.2) is 0 Å². The Morgan fingerprint density at radius 3 is 2.06 bits per heavy atom. The summed E-state index contributed by atoms with van der Waals surface area (Å²) in [5.41, 5.74) is 3.99. The van der Waals surface area contributed by atoms with Crippen LogP contribution in [0.3, 0.4) is 0 Å². The minimum absolute atomic E-state index is 0.210. The first-order valence-electron chi connectivity index (χ1n) is 10.5. The SMILES string of the molecule is O=C(NC(c1ccccc1)c1ccccc1)c1cc(-c2cccs2)nn1-c1ccc(Cl)cc1. The van der Waals surface area contributed by atoms with Crippen LogP contribution < -0.4 is 5.32 Å². The van der Waals surface area contributed by atoms with Crippen LogP contribution in [0.4, 0.5) is 0 Å². The average molecular weight is 470 g/mol. The standard InChI is InChI=1S/C27H20ClN3OS/c28-21-13-15-22(16-14-21)31-24(18-23(30-31)25-12-7-17-33-25)27(32)29-26(19-8-3-1-4-9-19)20-10-5-2-6-11-20/h1-18,26H,(H,29,32). The fourth-order valence-corrected chi connectivity index (χ4v) is 4.53.